The lowest BCUT2D eigenvalue weighted by molar-refractivity contribution is -0.0676. The summed E-state index contributed by atoms with van der Waals surface area (Å²) in [5.74, 6) is -0.300. The molecule has 0 aliphatic carbocycles. The number of carbonyl (C=O) groups excluding carboxylic acids is 1. The molecule has 0 bridgehead atoms. The van der Waals surface area contributed by atoms with E-state index in [2.05, 4.69) is 9.80 Å². The van der Waals surface area contributed by atoms with Crippen molar-refractivity contribution < 1.29 is 19.0 Å². The minimum absolute atomic E-state index is 0.203. The van der Waals surface area contributed by atoms with Crippen LogP contribution in [0.4, 0.5) is 0 Å². The zero-order valence-corrected chi connectivity index (χ0v) is 13.6. The van der Waals surface area contributed by atoms with Crippen molar-refractivity contribution in [3.8, 4) is 0 Å². The SMILES string of the molecule is COC(=O)c1ccc(C(N2CCOCC2)N2CCOCC2)cc1. The average Bonchev–Trinajstić information content (AvgIpc) is 2.64. The molecule has 1 aromatic rings. The molecular weight excluding hydrogens is 296 g/mol. The first-order valence-electron chi connectivity index (χ1n) is 8.11. The Hall–Kier alpha value is -1.47. The van der Waals surface area contributed by atoms with Gasteiger partial charge in [0.1, 0.15) is 0 Å². The van der Waals surface area contributed by atoms with Gasteiger partial charge >= 0.3 is 5.97 Å². The highest BCUT2D eigenvalue weighted by Crippen LogP contribution is 2.27. The summed E-state index contributed by atoms with van der Waals surface area (Å²) in [4.78, 5) is 16.5. The summed E-state index contributed by atoms with van der Waals surface area (Å²) in [5, 5.41) is 0. The van der Waals surface area contributed by atoms with Crippen molar-refractivity contribution in [3.63, 3.8) is 0 Å². The minimum atomic E-state index is -0.300. The normalized spacial score (nSPS) is 20.6. The highest BCUT2D eigenvalue weighted by Gasteiger charge is 2.29. The molecule has 0 unspecified atom stereocenters. The summed E-state index contributed by atoms with van der Waals surface area (Å²) in [6, 6.07) is 7.74. The second-order valence-electron chi connectivity index (χ2n) is 5.78. The van der Waals surface area contributed by atoms with Gasteiger partial charge in [0, 0.05) is 26.2 Å². The number of benzene rings is 1. The number of morpholine rings is 2. The fourth-order valence-electron chi connectivity index (χ4n) is 3.21. The third-order valence-electron chi connectivity index (χ3n) is 4.41. The van der Waals surface area contributed by atoms with Gasteiger partial charge in [-0.05, 0) is 17.7 Å². The molecule has 0 aromatic heterocycles. The highest BCUT2D eigenvalue weighted by molar-refractivity contribution is 5.89. The van der Waals surface area contributed by atoms with Gasteiger partial charge < -0.3 is 14.2 Å². The second-order valence-corrected chi connectivity index (χ2v) is 5.78. The largest absolute Gasteiger partial charge is 0.465 e. The predicted octanol–water partition coefficient (Wildman–Crippen LogP) is 1.14. The number of esters is 1. The van der Waals surface area contributed by atoms with Gasteiger partial charge in [0.2, 0.25) is 0 Å². The first-order chi connectivity index (χ1) is 11.3. The topological polar surface area (TPSA) is 51.2 Å². The van der Waals surface area contributed by atoms with E-state index in [4.69, 9.17) is 14.2 Å². The van der Waals surface area contributed by atoms with Gasteiger partial charge in [-0.25, -0.2) is 4.79 Å². The molecule has 2 saturated heterocycles. The van der Waals surface area contributed by atoms with Crippen LogP contribution < -0.4 is 0 Å². The summed E-state index contributed by atoms with van der Waals surface area (Å²) in [6.07, 6.45) is 0.203. The van der Waals surface area contributed by atoms with Crippen LogP contribution in [0, 0.1) is 0 Å². The lowest BCUT2D eigenvalue weighted by Gasteiger charge is -2.43. The van der Waals surface area contributed by atoms with Gasteiger partial charge in [-0.2, -0.15) is 0 Å². The number of ether oxygens (including phenoxy) is 3. The maximum atomic E-state index is 11.6. The molecule has 6 nitrogen and oxygen atoms in total. The van der Waals surface area contributed by atoms with Gasteiger partial charge in [0.25, 0.3) is 0 Å². The zero-order chi connectivity index (χ0) is 16.1. The lowest BCUT2D eigenvalue weighted by Crippen LogP contribution is -2.50. The average molecular weight is 320 g/mol. The van der Waals surface area contributed by atoms with Crippen molar-refractivity contribution in [1.29, 1.82) is 0 Å². The third-order valence-corrected chi connectivity index (χ3v) is 4.41. The monoisotopic (exact) mass is 320 g/mol. The van der Waals surface area contributed by atoms with Crippen LogP contribution in [0.15, 0.2) is 24.3 Å². The van der Waals surface area contributed by atoms with E-state index in [1.54, 1.807) is 0 Å². The Morgan fingerprint density at radius 1 is 0.957 bits per heavy atom. The molecule has 0 N–H and O–H groups in total. The van der Waals surface area contributed by atoms with E-state index >= 15 is 0 Å². The quantitative estimate of drug-likeness (QED) is 0.776. The first-order valence-corrected chi connectivity index (χ1v) is 8.11. The van der Waals surface area contributed by atoms with Crippen LogP contribution >= 0.6 is 0 Å². The summed E-state index contributed by atoms with van der Waals surface area (Å²) in [7, 11) is 1.40. The van der Waals surface area contributed by atoms with Crippen LogP contribution in [0.5, 0.6) is 0 Å². The Morgan fingerprint density at radius 2 is 1.43 bits per heavy atom. The van der Waals surface area contributed by atoms with E-state index in [-0.39, 0.29) is 12.1 Å². The van der Waals surface area contributed by atoms with Crippen molar-refractivity contribution in [3.05, 3.63) is 35.4 Å². The number of carbonyl (C=O) groups is 1. The lowest BCUT2D eigenvalue weighted by atomic mass is 10.1. The van der Waals surface area contributed by atoms with Crippen LogP contribution in [0.2, 0.25) is 0 Å². The third kappa shape index (κ3) is 3.90. The number of nitrogens with zero attached hydrogens (tertiary/aromatic N) is 2. The highest BCUT2D eigenvalue weighted by atomic mass is 16.5. The number of methoxy groups -OCH3 is 1. The molecule has 3 rings (SSSR count). The van der Waals surface area contributed by atoms with Crippen LogP contribution in [0.3, 0.4) is 0 Å². The molecule has 2 fully saturated rings. The second kappa shape index (κ2) is 7.88. The molecular formula is C17H24N2O4. The Morgan fingerprint density at radius 3 is 1.87 bits per heavy atom. The van der Waals surface area contributed by atoms with E-state index in [1.807, 2.05) is 24.3 Å². The minimum Gasteiger partial charge on any atom is -0.465 e. The van der Waals surface area contributed by atoms with Gasteiger partial charge in [-0.3, -0.25) is 9.80 Å². The van der Waals surface area contributed by atoms with Gasteiger partial charge in [0.15, 0.2) is 0 Å². The molecule has 0 saturated carbocycles. The zero-order valence-electron chi connectivity index (χ0n) is 13.6. The summed E-state index contributed by atoms with van der Waals surface area (Å²) < 4.78 is 15.8. The fourth-order valence-corrected chi connectivity index (χ4v) is 3.21. The Balaban J connectivity index is 1.82. The first kappa shape index (κ1) is 16.4. The van der Waals surface area contributed by atoms with E-state index < -0.39 is 0 Å². The molecule has 23 heavy (non-hydrogen) atoms. The van der Waals surface area contributed by atoms with Crippen LogP contribution in [0.25, 0.3) is 0 Å². The summed E-state index contributed by atoms with van der Waals surface area (Å²) in [6.45, 7) is 6.73. The van der Waals surface area contributed by atoms with Crippen molar-refractivity contribution in [1.82, 2.24) is 9.80 Å². The van der Waals surface area contributed by atoms with Gasteiger partial charge in [0.05, 0.1) is 45.3 Å². The predicted molar refractivity (Wildman–Crippen MR) is 85.3 cm³/mol. The Bertz CT molecular complexity index is 490. The van der Waals surface area contributed by atoms with Gasteiger partial charge in [-0.1, -0.05) is 12.1 Å². The Labute approximate surface area is 136 Å². The maximum Gasteiger partial charge on any atom is 0.337 e. The van der Waals surface area contributed by atoms with E-state index in [0.29, 0.717) is 5.56 Å². The molecule has 0 radical (unpaired) electrons. The Kier molecular flexibility index (Phi) is 5.61. The molecule has 126 valence electrons. The molecule has 6 heteroatoms. The fraction of sp³-hybridized carbons (Fsp3) is 0.588. The van der Waals surface area contributed by atoms with Crippen molar-refractivity contribution in [2.45, 2.75) is 6.17 Å². The number of hydrogen-bond donors (Lipinski definition) is 0. The van der Waals surface area contributed by atoms with Crippen LogP contribution in [-0.4, -0.2) is 75.5 Å². The van der Waals surface area contributed by atoms with E-state index in [1.165, 1.54) is 12.7 Å². The van der Waals surface area contributed by atoms with Crippen molar-refractivity contribution in [2.75, 3.05) is 59.7 Å². The molecule has 0 amide bonds. The maximum absolute atomic E-state index is 11.6. The molecule has 2 heterocycles. The van der Waals surface area contributed by atoms with E-state index in [0.717, 1.165) is 52.6 Å². The van der Waals surface area contributed by atoms with Crippen LogP contribution in [-0.2, 0) is 14.2 Å². The standard InChI is InChI=1S/C17H24N2O4/c1-21-17(20)15-4-2-14(3-5-15)16(18-6-10-22-11-7-18)19-8-12-23-13-9-19/h2-5,16H,6-13H2,1H3. The van der Waals surface area contributed by atoms with Crippen LogP contribution in [0.1, 0.15) is 22.1 Å². The number of hydrogen-bond acceptors (Lipinski definition) is 6. The molecule has 0 spiro atoms. The smallest absolute Gasteiger partial charge is 0.337 e. The molecule has 0 atom stereocenters. The molecule has 1 aromatic carbocycles. The summed E-state index contributed by atoms with van der Waals surface area (Å²) >= 11 is 0. The van der Waals surface area contributed by atoms with Gasteiger partial charge in [-0.15, -0.1) is 0 Å². The molecule has 2 aliphatic heterocycles. The summed E-state index contributed by atoms with van der Waals surface area (Å²) in [5.41, 5.74) is 1.78. The van der Waals surface area contributed by atoms with Crippen molar-refractivity contribution in [2.24, 2.45) is 0 Å². The number of rotatable bonds is 4. The molecule has 2 aliphatic rings. The van der Waals surface area contributed by atoms with Crippen molar-refractivity contribution >= 4 is 5.97 Å². The van der Waals surface area contributed by atoms with E-state index in [9.17, 15) is 4.79 Å².